The Morgan fingerprint density at radius 3 is 3.00 bits per heavy atom. The molecular weight excluding hydrogens is 219 g/mol. The molecule has 2 heterocycles. The van der Waals surface area contributed by atoms with Crippen LogP contribution in [0.1, 0.15) is 24.1 Å². The van der Waals surface area contributed by atoms with Crippen molar-refractivity contribution in [1.82, 2.24) is 10.3 Å². The predicted molar refractivity (Wildman–Crippen MR) is 63.0 cm³/mol. The summed E-state index contributed by atoms with van der Waals surface area (Å²) in [6, 6.07) is 3.48. The molecule has 0 aromatic carbocycles. The normalized spacial score (nSPS) is 12.6. The first-order valence-electron chi connectivity index (χ1n) is 5.64. The van der Waals surface area contributed by atoms with Crippen molar-refractivity contribution in [3.8, 4) is 0 Å². The first kappa shape index (κ1) is 11.8. The van der Waals surface area contributed by atoms with Crippen molar-refractivity contribution in [3.63, 3.8) is 0 Å². The Labute approximate surface area is 99.7 Å². The lowest BCUT2D eigenvalue weighted by molar-refractivity contribution is 0.528. The average Bonchev–Trinajstić information content (AvgIpc) is 2.81. The van der Waals surface area contributed by atoms with Crippen molar-refractivity contribution in [2.24, 2.45) is 0 Å². The van der Waals surface area contributed by atoms with Gasteiger partial charge in [0.15, 0.2) is 0 Å². The van der Waals surface area contributed by atoms with Crippen LogP contribution in [0.15, 0.2) is 41.5 Å². The second-order valence-corrected chi connectivity index (χ2v) is 3.88. The Balaban J connectivity index is 2.16. The zero-order valence-corrected chi connectivity index (χ0v) is 9.69. The van der Waals surface area contributed by atoms with Crippen LogP contribution in [0, 0.1) is 5.82 Å². The number of nitrogens with zero attached hydrogens (tertiary/aromatic N) is 1. The monoisotopic (exact) mass is 234 g/mol. The van der Waals surface area contributed by atoms with Gasteiger partial charge < -0.3 is 9.73 Å². The highest BCUT2D eigenvalue weighted by Gasteiger charge is 2.12. The number of halogens is 1. The van der Waals surface area contributed by atoms with Gasteiger partial charge in [0.2, 0.25) is 0 Å². The van der Waals surface area contributed by atoms with Crippen LogP contribution >= 0.6 is 0 Å². The van der Waals surface area contributed by atoms with Crippen molar-refractivity contribution in [1.29, 1.82) is 0 Å². The smallest absolute Gasteiger partial charge is 0.141 e. The van der Waals surface area contributed by atoms with Gasteiger partial charge in [0, 0.05) is 12.2 Å². The first-order valence-corrected chi connectivity index (χ1v) is 5.64. The van der Waals surface area contributed by atoms with Gasteiger partial charge >= 0.3 is 0 Å². The molecule has 0 saturated carbocycles. The Hall–Kier alpha value is -1.68. The zero-order chi connectivity index (χ0) is 12.1. The van der Waals surface area contributed by atoms with Gasteiger partial charge in [0.1, 0.15) is 5.82 Å². The van der Waals surface area contributed by atoms with E-state index in [9.17, 15) is 4.39 Å². The third kappa shape index (κ3) is 3.14. The summed E-state index contributed by atoms with van der Waals surface area (Å²) in [5.74, 6) is -0.308. The molecule has 1 atom stereocenters. The summed E-state index contributed by atoms with van der Waals surface area (Å²) in [6.45, 7) is 2.84. The fourth-order valence-corrected chi connectivity index (χ4v) is 1.82. The molecule has 1 unspecified atom stereocenters. The van der Waals surface area contributed by atoms with E-state index in [1.54, 1.807) is 18.7 Å². The summed E-state index contributed by atoms with van der Waals surface area (Å²) >= 11 is 0. The fraction of sp³-hybridized carbons (Fsp3) is 0.308. The third-order valence-corrected chi connectivity index (χ3v) is 2.60. The highest BCUT2D eigenvalue weighted by Crippen LogP contribution is 2.18. The topological polar surface area (TPSA) is 38.1 Å². The van der Waals surface area contributed by atoms with Gasteiger partial charge in [-0.3, -0.25) is 4.98 Å². The van der Waals surface area contributed by atoms with E-state index in [1.165, 1.54) is 12.3 Å². The summed E-state index contributed by atoms with van der Waals surface area (Å²) in [5.41, 5.74) is 1.94. The van der Waals surface area contributed by atoms with E-state index in [2.05, 4.69) is 10.3 Å². The quantitative estimate of drug-likeness (QED) is 0.864. The van der Waals surface area contributed by atoms with Crippen LogP contribution in [0.25, 0.3) is 0 Å². The molecule has 0 saturated heterocycles. The Kier molecular flexibility index (Phi) is 3.88. The van der Waals surface area contributed by atoms with Crippen LogP contribution in [0.3, 0.4) is 0 Å². The van der Waals surface area contributed by atoms with E-state index < -0.39 is 0 Å². The summed E-state index contributed by atoms with van der Waals surface area (Å²) in [5, 5.41) is 3.32. The molecule has 0 spiro atoms. The van der Waals surface area contributed by atoms with Crippen LogP contribution in [-0.2, 0) is 6.42 Å². The molecule has 0 fully saturated rings. The van der Waals surface area contributed by atoms with E-state index in [4.69, 9.17) is 4.42 Å². The molecule has 1 N–H and O–H groups in total. The molecule has 2 aromatic heterocycles. The minimum Gasteiger partial charge on any atom is -0.472 e. The van der Waals surface area contributed by atoms with Crippen molar-refractivity contribution in [2.75, 3.05) is 6.54 Å². The number of nitrogens with one attached hydrogen (secondary N) is 1. The molecule has 2 rings (SSSR count). The second-order valence-electron chi connectivity index (χ2n) is 3.88. The summed E-state index contributed by atoms with van der Waals surface area (Å²) in [7, 11) is 0. The van der Waals surface area contributed by atoms with Crippen molar-refractivity contribution >= 4 is 0 Å². The molecule has 3 nitrogen and oxygen atoms in total. The van der Waals surface area contributed by atoms with Gasteiger partial charge in [-0.2, -0.15) is 0 Å². The lowest BCUT2D eigenvalue weighted by Crippen LogP contribution is -2.23. The minimum absolute atomic E-state index is 0.0563. The largest absolute Gasteiger partial charge is 0.472 e. The molecule has 90 valence electrons. The van der Waals surface area contributed by atoms with Crippen LogP contribution in [-0.4, -0.2) is 11.5 Å². The van der Waals surface area contributed by atoms with Gasteiger partial charge in [0.05, 0.1) is 18.7 Å². The van der Waals surface area contributed by atoms with Gasteiger partial charge in [-0.15, -0.1) is 0 Å². The van der Waals surface area contributed by atoms with E-state index in [0.717, 1.165) is 24.1 Å². The lowest BCUT2D eigenvalue weighted by Gasteiger charge is -2.17. The van der Waals surface area contributed by atoms with Crippen molar-refractivity contribution < 1.29 is 8.81 Å². The highest BCUT2D eigenvalue weighted by atomic mass is 19.1. The van der Waals surface area contributed by atoms with E-state index >= 15 is 0 Å². The molecule has 0 aliphatic heterocycles. The fourth-order valence-electron chi connectivity index (χ4n) is 1.82. The molecule has 17 heavy (non-hydrogen) atoms. The van der Waals surface area contributed by atoms with Crippen LogP contribution < -0.4 is 5.32 Å². The number of pyridine rings is 1. The van der Waals surface area contributed by atoms with Crippen LogP contribution in [0.5, 0.6) is 0 Å². The maximum atomic E-state index is 13.1. The van der Waals surface area contributed by atoms with E-state index in [-0.39, 0.29) is 11.9 Å². The van der Waals surface area contributed by atoms with Crippen molar-refractivity contribution in [3.05, 3.63) is 54.0 Å². The molecule has 0 radical (unpaired) electrons. The van der Waals surface area contributed by atoms with E-state index in [0.29, 0.717) is 0 Å². The van der Waals surface area contributed by atoms with Gasteiger partial charge in [-0.1, -0.05) is 6.92 Å². The molecular formula is C13H15FN2O. The maximum absolute atomic E-state index is 13.1. The maximum Gasteiger partial charge on any atom is 0.141 e. The summed E-state index contributed by atoms with van der Waals surface area (Å²) < 4.78 is 18.2. The molecule has 0 aliphatic carbocycles. The second kappa shape index (κ2) is 5.59. The Morgan fingerprint density at radius 2 is 2.35 bits per heavy atom. The number of rotatable bonds is 5. The molecule has 2 aromatic rings. The Morgan fingerprint density at radius 1 is 1.47 bits per heavy atom. The van der Waals surface area contributed by atoms with Crippen LogP contribution in [0.4, 0.5) is 4.39 Å². The summed E-state index contributed by atoms with van der Waals surface area (Å²) in [6.07, 6.45) is 7.01. The van der Waals surface area contributed by atoms with E-state index in [1.807, 2.05) is 13.0 Å². The third-order valence-electron chi connectivity index (χ3n) is 2.60. The molecule has 0 bridgehead atoms. The van der Waals surface area contributed by atoms with Gasteiger partial charge in [-0.25, -0.2) is 4.39 Å². The number of hydrogen-bond donors (Lipinski definition) is 1. The number of furan rings is 1. The number of likely N-dealkylation sites (N-methyl/N-ethyl adjacent to an activating group) is 1. The van der Waals surface area contributed by atoms with Crippen molar-refractivity contribution in [2.45, 2.75) is 19.4 Å². The standard InChI is InChI=1S/C13H15FN2O/c1-2-16-13(5-10-3-4-17-9-10)11-6-12(14)8-15-7-11/h3-4,6-9,13,16H,2,5H2,1H3. The summed E-state index contributed by atoms with van der Waals surface area (Å²) in [4.78, 5) is 3.88. The van der Waals surface area contributed by atoms with Gasteiger partial charge in [0.25, 0.3) is 0 Å². The molecule has 0 amide bonds. The SMILES string of the molecule is CCNC(Cc1ccoc1)c1cncc(F)c1. The average molecular weight is 234 g/mol. The zero-order valence-electron chi connectivity index (χ0n) is 9.69. The first-order chi connectivity index (χ1) is 8.29. The van der Waals surface area contributed by atoms with Gasteiger partial charge in [-0.05, 0) is 36.2 Å². The molecule has 0 aliphatic rings. The number of hydrogen-bond acceptors (Lipinski definition) is 3. The Bertz CT molecular complexity index is 456. The molecule has 4 heteroatoms. The lowest BCUT2D eigenvalue weighted by atomic mass is 10.0. The predicted octanol–water partition coefficient (Wildman–Crippen LogP) is 2.71. The number of aromatic nitrogens is 1. The minimum atomic E-state index is -0.308. The van der Waals surface area contributed by atoms with Crippen LogP contribution in [0.2, 0.25) is 0 Å². The highest BCUT2D eigenvalue weighted by molar-refractivity contribution is 5.19.